The zero-order valence-corrected chi connectivity index (χ0v) is 14.8. The Morgan fingerprint density at radius 1 is 1.39 bits per heavy atom. The van der Waals surface area contributed by atoms with Gasteiger partial charge in [-0.3, -0.25) is 4.99 Å². The molecule has 0 aliphatic carbocycles. The van der Waals surface area contributed by atoms with E-state index in [-0.39, 0.29) is 0 Å². The Labute approximate surface area is 139 Å². The second kappa shape index (κ2) is 8.77. The minimum atomic E-state index is 0.601. The average Bonchev–Trinajstić information content (AvgIpc) is 3.02. The van der Waals surface area contributed by atoms with Crippen LogP contribution in [0.25, 0.3) is 0 Å². The van der Waals surface area contributed by atoms with E-state index in [0.717, 1.165) is 44.4 Å². The molecule has 1 aliphatic rings. The molecule has 0 saturated carbocycles. The molecule has 5 heteroatoms. The number of aryl methyl sites for hydroxylation is 2. The standard InChI is InChI=1S/C18H29N3O2/c1-14-6-5-7-15(2)17(14)23-11-9-20-18(19-3)21(4)12-16-8-10-22-13-16/h5-7,16H,8-13H2,1-4H3,(H,19,20). The van der Waals surface area contributed by atoms with Crippen LogP contribution in [-0.2, 0) is 4.74 Å². The van der Waals surface area contributed by atoms with Crippen molar-refractivity contribution in [3.8, 4) is 5.75 Å². The van der Waals surface area contributed by atoms with Crippen LogP contribution in [0.15, 0.2) is 23.2 Å². The summed E-state index contributed by atoms with van der Waals surface area (Å²) in [7, 11) is 3.89. The lowest BCUT2D eigenvalue weighted by Gasteiger charge is -2.24. The predicted molar refractivity (Wildman–Crippen MR) is 94.3 cm³/mol. The van der Waals surface area contributed by atoms with Crippen LogP contribution >= 0.6 is 0 Å². The quantitative estimate of drug-likeness (QED) is 0.496. The summed E-state index contributed by atoms with van der Waals surface area (Å²) in [6.07, 6.45) is 1.14. The van der Waals surface area contributed by atoms with Crippen LogP contribution in [0.1, 0.15) is 17.5 Å². The first-order valence-corrected chi connectivity index (χ1v) is 8.30. The summed E-state index contributed by atoms with van der Waals surface area (Å²) in [6.45, 7) is 8.21. The van der Waals surface area contributed by atoms with Crippen molar-refractivity contribution in [2.24, 2.45) is 10.9 Å². The number of nitrogens with one attached hydrogen (secondary N) is 1. The number of para-hydroxylation sites is 1. The maximum Gasteiger partial charge on any atom is 0.193 e. The van der Waals surface area contributed by atoms with E-state index < -0.39 is 0 Å². The first-order chi connectivity index (χ1) is 11.1. The molecule has 1 saturated heterocycles. The minimum absolute atomic E-state index is 0.601. The lowest BCUT2D eigenvalue weighted by molar-refractivity contribution is 0.181. The second-order valence-electron chi connectivity index (χ2n) is 6.15. The highest BCUT2D eigenvalue weighted by Crippen LogP contribution is 2.21. The number of guanidine groups is 1. The van der Waals surface area contributed by atoms with Gasteiger partial charge in [-0.2, -0.15) is 0 Å². The molecular weight excluding hydrogens is 290 g/mol. The molecule has 0 bridgehead atoms. The molecule has 23 heavy (non-hydrogen) atoms. The summed E-state index contributed by atoms with van der Waals surface area (Å²) >= 11 is 0. The van der Waals surface area contributed by atoms with Gasteiger partial charge in [0.1, 0.15) is 12.4 Å². The zero-order valence-electron chi connectivity index (χ0n) is 14.8. The maximum absolute atomic E-state index is 5.92. The van der Waals surface area contributed by atoms with E-state index in [0.29, 0.717) is 12.5 Å². The molecule has 1 unspecified atom stereocenters. The van der Waals surface area contributed by atoms with Crippen molar-refractivity contribution in [2.75, 3.05) is 47.0 Å². The average molecular weight is 319 g/mol. The Balaban J connectivity index is 1.75. The Bertz CT molecular complexity index is 505. The van der Waals surface area contributed by atoms with Gasteiger partial charge < -0.3 is 19.7 Å². The molecule has 1 aromatic carbocycles. The Hall–Kier alpha value is -1.75. The van der Waals surface area contributed by atoms with E-state index in [9.17, 15) is 0 Å². The van der Waals surface area contributed by atoms with Gasteiger partial charge in [0.05, 0.1) is 13.2 Å². The fourth-order valence-electron chi connectivity index (χ4n) is 2.93. The number of ether oxygens (including phenoxy) is 2. The van der Waals surface area contributed by atoms with E-state index in [1.807, 2.05) is 7.05 Å². The summed E-state index contributed by atoms with van der Waals surface area (Å²) in [5, 5.41) is 3.36. The largest absolute Gasteiger partial charge is 0.491 e. The molecule has 1 N–H and O–H groups in total. The van der Waals surface area contributed by atoms with Gasteiger partial charge in [0.15, 0.2) is 5.96 Å². The highest BCUT2D eigenvalue weighted by molar-refractivity contribution is 5.79. The molecular formula is C18H29N3O2. The number of aliphatic imine (C=N–C) groups is 1. The topological polar surface area (TPSA) is 46.1 Å². The van der Waals surface area contributed by atoms with Crippen LogP contribution < -0.4 is 10.1 Å². The molecule has 5 nitrogen and oxygen atoms in total. The summed E-state index contributed by atoms with van der Waals surface area (Å²) in [4.78, 5) is 6.51. The first-order valence-electron chi connectivity index (χ1n) is 8.30. The van der Waals surface area contributed by atoms with Gasteiger partial charge >= 0.3 is 0 Å². The number of benzene rings is 1. The van der Waals surface area contributed by atoms with Crippen molar-refractivity contribution in [2.45, 2.75) is 20.3 Å². The molecule has 1 aromatic rings. The van der Waals surface area contributed by atoms with Crippen LogP contribution in [0, 0.1) is 19.8 Å². The molecule has 1 fully saturated rings. The summed E-state index contributed by atoms with van der Waals surface area (Å²) < 4.78 is 11.4. The monoisotopic (exact) mass is 319 g/mol. The lowest BCUT2D eigenvalue weighted by Crippen LogP contribution is -2.42. The summed E-state index contributed by atoms with van der Waals surface area (Å²) in [5.74, 6) is 2.49. The van der Waals surface area contributed by atoms with Crippen molar-refractivity contribution < 1.29 is 9.47 Å². The highest BCUT2D eigenvalue weighted by Gasteiger charge is 2.18. The van der Waals surface area contributed by atoms with E-state index >= 15 is 0 Å². The number of nitrogens with zero attached hydrogens (tertiary/aromatic N) is 2. The zero-order chi connectivity index (χ0) is 16.7. The van der Waals surface area contributed by atoms with Crippen LogP contribution in [0.2, 0.25) is 0 Å². The molecule has 1 heterocycles. The third-order valence-corrected chi connectivity index (χ3v) is 4.17. The van der Waals surface area contributed by atoms with Crippen LogP contribution in [0.5, 0.6) is 5.75 Å². The predicted octanol–water partition coefficient (Wildman–Crippen LogP) is 2.23. The van der Waals surface area contributed by atoms with E-state index in [1.54, 1.807) is 0 Å². The van der Waals surface area contributed by atoms with Gasteiger partial charge in [0.2, 0.25) is 0 Å². The highest BCUT2D eigenvalue weighted by atomic mass is 16.5. The second-order valence-corrected chi connectivity index (χ2v) is 6.15. The van der Waals surface area contributed by atoms with Crippen molar-refractivity contribution >= 4 is 5.96 Å². The van der Waals surface area contributed by atoms with Gasteiger partial charge in [-0.15, -0.1) is 0 Å². The lowest BCUT2D eigenvalue weighted by atomic mass is 10.1. The SMILES string of the molecule is CN=C(NCCOc1c(C)cccc1C)N(C)CC1CCOC1. The Morgan fingerprint density at radius 3 is 2.74 bits per heavy atom. The van der Waals surface area contributed by atoms with Gasteiger partial charge in [-0.25, -0.2) is 0 Å². The molecule has 0 spiro atoms. The van der Waals surface area contributed by atoms with E-state index in [2.05, 4.69) is 54.3 Å². The van der Waals surface area contributed by atoms with Gasteiger partial charge in [0, 0.05) is 33.2 Å². The first kappa shape index (κ1) is 17.6. The third-order valence-electron chi connectivity index (χ3n) is 4.17. The smallest absolute Gasteiger partial charge is 0.193 e. The van der Waals surface area contributed by atoms with Gasteiger partial charge in [-0.05, 0) is 31.4 Å². The maximum atomic E-state index is 5.92. The number of hydrogen-bond acceptors (Lipinski definition) is 3. The van der Waals surface area contributed by atoms with Crippen molar-refractivity contribution in [3.63, 3.8) is 0 Å². The molecule has 0 aromatic heterocycles. The van der Waals surface area contributed by atoms with E-state index in [4.69, 9.17) is 9.47 Å². The van der Waals surface area contributed by atoms with Gasteiger partial charge in [0.25, 0.3) is 0 Å². The summed E-state index contributed by atoms with van der Waals surface area (Å²) in [6, 6.07) is 6.21. The van der Waals surface area contributed by atoms with Gasteiger partial charge in [-0.1, -0.05) is 18.2 Å². The van der Waals surface area contributed by atoms with E-state index in [1.165, 1.54) is 11.1 Å². The van der Waals surface area contributed by atoms with Crippen molar-refractivity contribution in [1.29, 1.82) is 0 Å². The molecule has 0 amide bonds. The molecule has 1 atom stereocenters. The number of hydrogen-bond donors (Lipinski definition) is 1. The van der Waals surface area contributed by atoms with Crippen LogP contribution in [0.4, 0.5) is 0 Å². The fraction of sp³-hybridized carbons (Fsp3) is 0.611. The normalized spacial score (nSPS) is 18.1. The van der Waals surface area contributed by atoms with Crippen molar-refractivity contribution in [3.05, 3.63) is 29.3 Å². The molecule has 1 aliphatic heterocycles. The minimum Gasteiger partial charge on any atom is -0.491 e. The molecule has 128 valence electrons. The molecule has 2 rings (SSSR count). The fourth-order valence-corrected chi connectivity index (χ4v) is 2.93. The van der Waals surface area contributed by atoms with Crippen molar-refractivity contribution in [1.82, 2.24) is 10.2 Å². The summed E-state index contributed by atoms with van der Waals surface area (Å²) in [5.41, 5.74) is 2.35. The number of rotatable bonds is 6. The third kappa shape index (κ3) is 5.13. The Morgan fingerprint density at radius 2 is 2.13 bits per heavy atom. The van der Waals surface area contributed by atoms with Crippen LogP contribution in [-0.4, -0.2) is 57.9 Å². The molecule has 0 radical (unpaired) electrons. The van der Waals surface area contributed by atoms with Crippen LogP contribution in [0.3, 0.4) is 0 Å². The Kier molecular flexibility index (Phi) is 6.71.